The van der Waals surface area contributed by atoms with E-state index in [-0.39, 0.29) is 16.4 Å². The molecule has 2 aromatic heterocycles. The average Bonchev–Trinajstić information content (AvgIpc) is 3.31. The highest BCUT2D eigenvalue weighted by Gasteiger charge is 2.26. The molecule has 0 saturated heterocycles. The second-order valence-electron chi connectivity index (χ2n) is 5.49. The number of nitrogens with two attached hydrogens (primary N) is 1. The lowest BCUT2D eigenvalue weighted by Gasteiger charge is -2.05. The van der Waals surface area contributed by atoms with Gasteiger partial charge in [-0.15, -0.1) is 11.3 Å². The molecule has 0 bridgehead atoms. The van der Waals surface area contributed by atoms with Crippen molar-refractivity contribution in [2.45, 2.75) is 10.7 Å². The fraction of sp³-hybridized carbons (Fsp3) is 0.0625. The number of alkyl halides is 2. The first-order valence-electron chi connectivity index (χ1n) is 7.56. The zero-order valence-electron chi connectivity index (χ0n) is 13.8. The van der Waals surface area contributed by atoms with Crippen LogP contribution in [0.2, 0.25) is 0 Å². The molecule has 3 rings (SSSR count). The van der Waals surface area contributed by atoms with Crippen LogP contribution in [-0.2, 0) is 9.84 Å². The van der Waals surface area contributed by atoms with Crippen molar-refractivity contribution in [1.82, 2.24) is 9.97 Å². The van der Waals surface area contributed by atoms with E-state index in [2.05, 4.69) is 15.3 Å². The Kier molecular flexibility index (Phi) is 5.25. The Bertz CT molecular complexity index is 1140. The Morgan fingerprint density at radius 2 is 1.89 bits per heavy atom. The smallest absolute Gasteiger partial charge is 0.341 e. The SMILES string of the molecule is NC(=O)c1cc(-c2csc(NC(=O)c3ccc(S(=O)(=O)C(F)F)cc3)n2)c[nH]1. The Morgan fingerprint density at radius 3 is 2.46 bits per heavy atom. The fourth-order valence-electron chi connectivity index (χ4n) is 2.22. The maximum atomic E-state index is 12.5. The van der Waals surface area contributed by atoms with Gasteiger partial charge in [-0.3, -0.25) is 14.9 Å². The van der Waals surface area contributed by atoms with Crippen molar-refractivity contribution in [1.29, 1.82) is 0 Å². The molecule has 0 aliphatic rings. The number of amides is 2. The maximum absolute atomic E-state index is 12.5. The van der Waals surface area contributed by atoms with E-state index >= 15 is 0 Å². The summed E-state index contributed by atoms with van der Waals surface area (Å²) in [5, 5.41) is 4.44. The first kappa shape index (κ1) is 19.6. The molecule has 12 heteroatoms. The van der Waals surface area contributed by atoms with Crippen LogP contribution in [-0.4, -0.2) is 36.0 Å². The van der Waals surface area contributed by atoms with Gasteiger partial charge in [-0.25, -0.2) is 13.4 Å². The minimum atomic E-state index is -4.72. The molecule has 2 amide bonds. The van der Waals surface area contributed by atoms with E-state index < -0.39 is 32.3 Å². The van der Waals surface area contributed by atoms with Crippen LogP contribution in [0.15, 0.2) is 46.8 Å². The van der Waals surface area contributed by atoms with Crippen LogP contribution in [0.5, 0.6) is 0 Å². The van der Waals surface area contributed by atoms with Crippen LogP contribution in [0, 0.1) is 0 Å². The summed E-state index contributed by atoms with van der Waals surface area (Å²) in [7, 11) is -4.72. The summed E-state index contributed by atoms with van der Waals surface area (Å²) in [4.78, 5) is 29.7. The van der Waals surface area contributed by atoms with Crippen LogP contribution >= 0.6 is 11.3 Å². The molecule has 0 spiro atoms. The zero-order valence-corrected chi connectivity index (χ0v) is 15.5. The largest absolute Gasteiger partial charge is 0.364 e. The number of aromatic amines is 1. The van der Waals surface area contributed by atoms with Crippen molar-refractivity contribution in [3.8, 4) is 11.3 Å². The maximum Gasteiger partial charge on any atom is 0.341 e. The number of H-pyrrole nitrogens is 1. The molecule has 0 radical (unpaired) electrons. The van der Waals surface area contributed by atoms with E-state index in [1.54, 1.807) is 11.6 Å². The van der Waals surface area contributed by atoms with E-state index in [0.29, 0.717) is 11.3 Å². The van der Waals surface area contributed by atoms with Gasteiger partial charge < -0.3 is 10.7 Å². The Labute approximate surface area is 161 Å². The molecule has 4 N–H and O–H groups in total. The van der Waals surface area contributed by atoms with Crippen LogP contribution in [0.25, 0.3) is 11.3 Å². The van der Waals surface area contributed by atoms with Gasteiger partial charge in [0.1, 0.15) is 5.69 Å². The molecule has 2 heterocycles. The highest BCUT2D eigenvalue weighted by atomic mass is 32.2. The molecule has 28 heavy (non-hydrogen) atoms. The number of hydrogen-bond donors (Lipinski definition) is 3. The molecular weight excluding hydrogens is 414 g/mol. The minimum Gasteiger partial charge on any atom is -0.364 e. The topological polar surface area (TPSA) is 135 Å². The van der Waals surface area contributed by atoms with E-state index in [1.807, 2.05) is 0 Å². The first-order chi connectivity index (χ1) is 13.2. The minimum absolute atomic E-state index is 0.0719. The van der Waals surface area contributed by atoms with Crippen LogP contribution in [0.1, 0.15) is 20.8 Å². The van der Waals surface area contributed by atoms with Gasteiger partial charge in [0.05, 0.1) is 10.6 Å². The number of carbonyl (C=O) groups excluding carboxylic acids is 2. The fourth-order valence-corrected chi connectivity index (χ4v) is 3.65. The summed E-state index contributed by atoms with van der Waals surface area (Å²) in [5.74, 6) is -4.74. The van der Waals surface area contributed by atoms with Crippen molar-refractivity contribution in [3.63, 3.8) is 0 Å². The second-order valence-corrected chi connectivity index (χ2v) is 8.26. The number of carbonyl (C=O) groups is 2. The normalized spacial score (nSPS) is 11.5. The van der Waals surface area contributed by atoms with Gasteiger partial charge in [0, 0.05) is 22.7 Å². The highest BCUT2D eigenvalue weighted by Crippen LogP contribution is 2.26. The quantitative estimate of drug-likeness (QED) is 0.557. The van der Waals surface area contributed by atoms with Crippen molar-refractivity contribution in [2.75, 3.05) is 5.32 Å². The number of thiazole rings is 1. The summed E-state index contributed by atoms with van der Waals surface area (Å²) < 4.78 is 47.9. The van der Waals surface area contributed by atoms with E-state index in [1.165, 1.54) is 6.07 Å². The standard InChI is InChI=1S/C16H12F2N4O4S2/c17-15(18)28(25,26)10-3-1-8(2-4-10)14(24)22-16-21-12(7-27-16)9-5-11(13(19)23)20-6-9/h1-7,15,20H,(H2,19,23)(H,21,22,24). The van der Waals surface area contributed by atoms with Gasteiger partial charge in [0.25, 0.3) is 11.8 Å². The summed E-state index contributed by atoms with van der Waals surface area (Å²) in [6, 6.07) is 5.66. The number of aromatic nitrogens is 2. The summed E-state index contributed by atoms with van der Waals surface area (Å²) >= 11 is 1.13. The average molecular weight is 426 g/mol. The summed E-state index contributed by atoms with van der Waals surface area (Å²) in [5.41, 5.74) is 6.56. The van der Waals surface area contributed by atoms with Gasteiger partial charge in [-0.1, -0.05) is 0 Å². The number of benzene rings is 1. The van der Waals surface area contributed by atoms with Gasteiger partial charge in [-0.05, 0) is 30.3 Å². The molecular formula is C16H12F2N4O4S2. The van der Waals surface area contributed by atoms with E-state index in [0.717, 1.165) is 35.6 Å². The molecule has 0 unspecified atom stereocenters. The third kappa shape index (κ3) is 3.92. The number of anilines is 1. The Morgan fingerprint density at radius 1 is 1.21 bits per heavy atom. The van der Waals surface area contributed by atoms with Gasteiger partial charge in [0.2, 0.25) is 9.84 Å². The third-order valence-corrected chi connectivity index (χ3v) is 5.80. The number of nitrogens with one attached hydrogen (secondary N) is 2. The number of halogens is 2. The summed E-state index contributed by atoms with van der Waals surface area (Å²) in [6.07, 6.45) is 1.54. The molecule has 8 nitrogen and oxygen atoms in total. The van der Waals surface area contributed by atoms with E-state index in [4.69, 9.17) is 5.73 Å². The van der Waals surface area contributed by atoms with Gasteiger partial charge in [-0.2, -0.15) is 8.78 Å². The van der Waals surface area contributed by atoms with Gasteiger partial charge in [0.15, 0.2) is 5.13 Å². The number of sulfone groups is 1. The monoisotopic (exact) mass is 426 g/mol. The molecule has 0 aliphatic carbocycles. The lowest BCUT2D eigenvalue weighted by molar-refractivity contribution is 0.0994. The van der Waals surface area contributed by atoms with Gasteiger partial charge >= 0.3 is 5.76 Å². The molecule has 1 aromatic carbocycles. The lowest BCUT2D eigenvalue weighted by atomic mass is 10.2. The Balaban J connectivity index is 1.73. The first-order valence-corrected chi connectivity index (χ1v) is 9.98. The second kappa shape index (κ2) is 7.48. The van der Waals surface area contributed by atoms with Crippen molar-refractivity contribution in [2.24, 2.45) is 5.73 Å². The molecule has 0 aliphatic heterocycles. The number of nitrogens with zero attached hydrogens (tertiary/aromatic N) is 1. The highest BCUT2D eigenvalue weighted by molar-refractivity contribution is 7.91. The predicted molar refractivity (Wildman–Crippen MR) is 98.0 cm³/mol. The summed E-state index contributed by atoms with van der Waals surface area (Å²) in [6.45, 7) is 0. The number of rotatable bonds is 6. The predicted octanol–water partition coefficient (Wildman–Crippen LogP) is 2.49. The molecule has 0 atom stereocenters. The van der Waals surface area contributed by atoms with Crippen molar-refractivity contribution >= 4 is 38.1 Å². The number of primary amides is 1. The molecule has 0 fully saturated rings. The number of hydrogen-bond acceptors (Lipinski definition) is 6. The van der Waals surface area contributed by atoms with Crippen LogP contribution in [0.3, 0.4) is 0 Å². The Hall–Kier alpha value is -3.12. The zero-order chi connectivity index (χ0) is 20.5. The van der Waals surface area contributed by atoms with Crippen molar-refractivity contribution in [3.05, 3.63) is 53.2 Å². The molecule has 3 aromatic rings. The van der Waals surface area contributed by atoms with Crippen molar-refractivity contribution < 1.29 is 26.8 Å². The van der Waals surface area contributed by atoms with Crippen LogP contribution in [0.4, 0.5) is 13.9 Å². The van der Waals surface area contributed by atoms with E-state index in [9.17, 15) is 26.8 Å². The van der Waals surface area contributed by atoms with Crippen LogP contribution < -0.4 is 11.1 Å². The molecule has 146 valence electrons. The lowest BCUT2D eigenvalue weighted by Crippen LogP contribution is -2.14. The third-order valence-electron chi connectivity index (χ3n) is 3.65. The molecule has 0 saturated carbocycles.